The summed E-state index contributed by atoms with van der Waals surface area (Å²) < 4.78 is 0. The third-order valence-electron chi connectivity index (χ3n) is 7.71. The molecule has 0 aliphatic carbocycles. The summed E-state index contributed by atoms with van der Waals surface area (Å²) in [4.78, 5) is 41.6. The second kappa shape index (κ2) is 12.8. The van der Waals surface area contributed by atoms with Crippen molar-refractivity contribution in [2.24, 2.45) is 4.99 Å². The van der Waals surface area contributed by atoms with Crippen LogP contribution in [-0.4, -0.2) is 90.5 Å². The Morgan fingerprint density at radius 1 is 1.18 bits per heavy atom. The maximum atomic E-state index is 13.0. The first-order valence-electron chi connectivity index (χ1n) is 13.8. The molecule has 2 fully saturated rings. The molecular formula is C29H39ClN6O3. The van der Waals surface area contributed by atoms with Crippen molar-refractivity contribution in [1.82, 2.24) is 14.8 Å². The van der Waals surface area contributed by atoms with E-state index in [1.165, 1.54) is 0 Å². The number of carbonyl (C=O) groups excluding carboxylic acids is 2. The lowest BCUT2D eigenvalue weighted by Crippen LogP contribution is -2.54. The molecule has 0 saturated carbocycles. The van der Waals surface area contributed by atoms with E-state index in [4.69, 9.17) is 16.6 Å². The van der Waals surface area contributed by atoms with Crippen molar-refractivity contribution >= 4 is 47.6 Å². The van der Waals surface area contributed by atoms with Gasteiger partial charge >= 0.3 is 0 Å². The molecule has 3 heterocycles. The van der Waals surface area contributed by atoms with Crippen molar-refractivity contribution < 1.29 is 14.7 Å². The second-order valence-corrected chi connectivity index (χ2v) is 10.6. The van der Waals surface area contributed by atoms with E-state index in [2.05, 4.69) is 30.7 Å². The Hall–Kier alpha value is -3.17. The fraction of sp³-hybridized carbons (Fsp3) is 0.517. The van der Waals surface area contributed by atoms with Crippen molar-refractivity contribution in [3.05, 3.63) is 46.0 Å². The summed E-state index contributed by atoms with van der Waals surface area (Å²) in [6.07, 6.45) is 4.31. The number of aliphatic imine (C=N–C) groups is 1. The first-order chi connectivity index (χ1) is 18.9. The zero-order chi connectivity index (χ0) is 28.1. The predicted molar refractivity (Wildman–Crippen MR) is 156 cm³/mol. The summed E-state index contributed by atoms with van der Waals surface area (Å²) >= 11 is 6.89. The van der Waals surface area contributed by atoms with Gasteiger partial charge in [-0.2, -0.15) is 0 Å². The highest BCUT2D eigenvalue weighted by atomic mass is 35.5. The molecule has 210 valence electrons. The number of hydrogen-bond donors (Lipinski definition) is 1. The molecule has 0 radical (unpaired) electrons. The van der Waals surface area contributed by atoms with Crippen LogP contribution >= 0.6 is 11.6 Å². The van der Waals surface area contributed by atoms with Crippen LogP contribution in [0, 0.1) is 0 Å². The Balaban J connectivity index is 1.92. The van der Waals surface area contributed by atoms with Gasteiger partial charge in [-0.05, 0) is 49.8 Å². The average Bonchev–Trinajstić information content (AvgIpc) is 2.95. The molecule has 1 aromatic carbocycles. The minimum Gasteiger partial charge on any atom is -0.391 e. The van der Waals surface area contributed by atoms with E-state index in [0.29, 0.717) is 54.2 Å². The molecule has 2 aliphatic heterocycles. The number of piperazine rings is 1. The van der Waals surface area contributed by atoms with E-state index in [1.807, 2.05) is 29.2 Å². The Morgan fingerprint density at radius 2 is 1.90 bits per heavy atom. The van der Waals surface area contributed by atoms with Gasteiger partial charge in [0.25, 0.3) is 0 Å². The van der Waals surface area contributed by atoms with Crippen molar-refractivity contribution in [3.63, 3.8) is 0 Å². The number of aliphatic hydroxyl groups is 1. The van der Waals surface area contributed by atoms with Crippen LogP contribution in [0.5, 0.6) is 0 Å². The van der Waals surface area contributed by atoms with Gasteiger partial charge in [0.2, 0.25) is 12.8 Å². The first kappa shape index (κ1) is 28.8. The number of rotatable bonds is 8. The van der Waals surface area contributed by atoms with Gasteiger partial charge in [0.05, 0.1) is 22.4 Å². The number of benzene rings is 1. The lowest BCUT2D eigenvalue weighted by Gasteiger charge is -2.41. The van der Waals surface area contributed by atoms with E-state index in [-0.39, 0.29) is 6.04 Å². The number of aromatic nitrogens is 1. The molecule has 2 unspecified atom stereocenters. The van der Waals surface area contributed by atoms with Crippen LogP contribution in [0.4, 0.5) is 17.3 Å². The van der Waals surface area contributed by atoms with Gasteiger partial charge in [0, 0.05) is 45.8 Å². The van der Waals surface area contributed by atoms with Crippen LogP contribution < -0.4 is 9.80 Å². The predicted octanol–water partition coefficient (Wildman–Crippen LogP) is 3.65. The Bertz CT molecular complexity index is 1200. The fourth-order valence-electron chi connectivity index (χ4n) is 5.72. The third-order valence-corrected chi connectivity index (χ3v) is 7.98. The number of nitrogens with zero attached hydrogens (tertiary/aromatic N) is 6. The molecular weight excluding hydrogens is 516 g/mol. The monoisotopic (exact) mass is 554 g/mol. The van der Waals surface area contributed by atoms with Gasteiger partial charge < -0.3 is 19.8 Å². The molecule has 0 spiro atoms. The number of amides is 2. The summed E-state index contributed by atoms with van der Waals surface area (Å²) in [6.45, 7) is 9.08. The SMILES string of the molecule is CCc1cccc(CC)c1N(C=O)c1nc(N2CCCC(O)C2)c(Cl)cc1C(=NC)N1CCN(C=O)CC1C. The standard InChI is InChI=1S/C29H39ClN6O3/c1-5-21-9-7-10-22(6-2)26(21)36(19-38)28-24(27(31-4)35-14-13-33(18-37)16-20(35)3)15-25(30)29(32-28)34-12-8-11-23(39)17-34/h7,9-10,15,18-20,23,39H,5-6,8,11-14,16-17H2,1-4H3. The fourth-order valence-corrected chi connectivity index (χ4v) is 5.99. The zero-order valence-corrected chi connectivity index (χ0v) is 24.1. The minimum absolute atomic E-state index is 0.00463. The number of aliphatic hydroxyl groups excluding tert-OH is 1. The number of β-amino-alcohol motifs (C(OH)–C–C–N with tert-alkyl or cyclic N) is 1. The highest BCUT2D eigenvalue weighted by Crippen LogP contribution is 2.38. The van der Waals surface area contributed by atoms with Crippen molar-refractivity contribution in [2.75, 3.05) is 49.6 Å². The largest absolute Gasteiger partial charge is 0.391 e. The molecule has 4 rings (SSSR count). The van der Waals surface area contributed by atoms with Crippen LogP contribution in [-0.2, 0) is 22.4 Å². The molecule has 2 aliphatic rings. The van der Waals surface area contributed by atoms with E-state index in [0.717, 1.165) is 61.9 Å². The van der Waals surface area contributed by atoms with E-state index in [9.17, 15) is 14.7 Å². The lowest BCUT2D eigenvalue weighted by atomic mass is 10.0. The summed E-state index contributed by atoms with van der Waals surface area (Å²) in [7, 11) is 1.73. The average molecular weight is 555 g/mol. The van der Waals surface area contributed by atoms with Gasteiger partial charge in [0.15, 0.2) is 5.82 Å². The molecule has 39 heavy (non-hydrogen) atoms. The first-order valence-corrected chi connectivity index (χ1v) is 14.2. The summed E-state index contributed by atoms with van der Waals surface area (Å²) in [5, 5.41) is 10.8. The maximum absolute atomic E-state index is 13.0. The Morgan fingerprint density at radius 3 is 2.46 bits per heavy atom. The number of amidine groups is 1. The van der Waals surface area contributed by atoms with E-state index < -0.39 is 6.10 Å². The number of carbonyl (C=O) groups is 2. The van der Waals surface area contributed by atoms with Gasteiger partial charge in [0.1, 0.15) is 11.7 Å². The van der Waals surface area contributed by atoms with Crippen molar-refractivity contribution in [1.29, 1.82) is 0 Å². The number of aryl methyl sites for hydroxylation is 2. The van der Waals surface area contributed by atoms with Gasteiger partial charge in [-0.15, -0.1) is 0 Å². The van der Waals surface area contributed by atoms with Crippen LogP contribution in [0.1, 0.15) is 50.3 Å². The number of pyridine rings is 1. The summed E-state index contributed by atoms with van der Waals surface area (Å²) in [6, 6.07) is 7.95. The smallest absolute Gasteiger partial charge is 0.219 e. The van der Waals surface area contributed by atoms with Gasteiger partial charge in [-0.25, -0.2) is 4.98 Å². The molecule has 1 aromatic heterocycles. The van der Waals surface area contributed by atoms with E-state index >= 15 is 0 Å². The molecule has 2 amide bonds. The van der Waals surface area contributed by atoms with Gasteiger partial charge in [-0.1, -0.05) is 43.6 Å². The zero-order valence-electron chi connectivity index (χ0n) is 23.3. The molecule has 10 heteroatoms. The third kappa shape index (κ3) is 5.89. The topological polar surface area (TPSA) is 92.6 Å². The number of halogens is 1. The molecule has 2 saturated heterocycles. The van der Waals surface area contributed by atoms with Crippen LogP contribution in [0.15, 0.2) is 29.3 Å². The Kier molecular flexibility index (Phi) is 9.45. The van der Waals surface area contributed by atoms with Crippen LogP contribution in [0.2, 0.25) is 5.02 Å². The number of piperidine rings is 1. The van der Waals surface area contributed by atoms with Crippen LogP contribution in [0.25, 0.3) is 0 Å². The maximum Gasteiger partial charge on any atom is 0.219 e. The molecule has 9 nitrogen and oxygen atoms in total. The summed E-state index contributed by atoms with van der Waals surface area (Å²) in [5.74, 6) is 1.66. The lowest BCUT2D eigenvalue weighted by molar-refractivity contribution is -0.120. The normalized spacial score (nSPS) is 20.3. The number of anilines is 3. The van der Waals surface area contributed by atoms with E-state index in [1.54, 1.807) is 16.8 Å². The quantitative estimate of drug-likeness (QED) is 0.304. The number of hydrogen-bond acceptors (Lipinski definition) is 6. The molecule has 1 N–H and O–H groups in total. The molecule has 2 aromatic rings. The number of para-hydroxylation sites is 1. The van der Waals surface area contributed by atoms with Crippen molar-refractivity contribution in [3.8, 4) is 0 Å². The minimum atomic E-state index is -0.461. The Labute approximate surface area is 236 Å². The highest BCUT2D eigenvalue weighted by molar-refractivity contribution is 6.33. The molecule has 0 bridgehead atoms. The molecule has 2 atom stereocenters. The van der Waals surface area contributed by atoms with Crippen LogP contribution in [0.3, 0.4) is 0 Å². The van der Waals surface area contributed by atoms with Crippen molar-refractivity contribution in [2.45, 2.75) is 58.6 Å². The highest BCUT2D eigenvalue weighted by Gasteiger charge is 2.32. The van der Waals surface area contributed by atoms with Gasteiger partial charge in [-0.3, -0.25) is 19.5 Å². The summed E-state index contributed by atoms with van der Waals surface area (Å²) in [5.41, 5.74) is 3.56. The second-order valence-electron chi connectivity index (χ2n) is 10.2.